The molecule has 0 unspecified atom stereocenters. The van der Waals surface area contributed by atoms with Crippen LogP contribution in [0.4, 0.5) is 5.69 Å². The van der Waals surface area contributed by atoms with Crippen molar-refractivity contribution in [3.05, 3.63) is 53.3 Å². The second kappa shape index (κ2) is 8.14. The number of aryl methyl sites for hydroxylation is 2. The predicted molar refractivity (Wildman–Crippen MR) is 116 cm³/mol. The summed E-state index contributed by atoms with van der Waals surface area (Å²) in [7, 11) is 0. The number of hydrogen-bond donors (Lipinski definition) is 1. The minimum Gasteiger partial charge on any atom is -0.491 e. The molecule has 28 heavy (non-hydrogen) atoms. The van der Waals surface area contributed by atoms with Crippen LogP contribution in [0.25, 0.3) is 0 Å². The summed E-state index contributed by atoms with van der Waals surface area (Å²) in [5.41, 5.74) is 8.65. The number of nitrogens with zero attached hydrogens (tertiary/aromatic N) is 4. The van der Waals surface area contributed by atoms with Crippen molar-refractivity contribution in [2.45, 2.75) is 20.3 Å². The van der Waals surface area contributed by atoms with E-state index >= 15 is 0 Å². The van der Waals surface area contributed by atoms with Crippen molar-refractivity contribution < 1.29 is 4.74 Å². The van der Waals surface area contributed by atoms with Crippen LogP contribution in [0.5, 0.6) is 5.75 Å². The first-order chi connectivity index (χ1) is 13.6. The predicted octanol–water partition coefficient (Wildman–Crippen LogP) is 2.88. The lowest BCUT2D eigenvalue weighted by molar-refractivity contribution is 0.318. The van der Waals surface area contributed by atoms with Crippen molar-refractivity contribution in [3.63, 3.8) is 0 Å². The highest BCUT2D eigenvalue weighted by molar-refractivity contribution is 7.80. The number of thiocarbonyl (C=S) groups is 1. The van der Waals surface area contributed by atoms with Gasteiger partial charge in [0.15, 0.2) is 5.11 Å². The lowest BCUT2D eigenvalue weighted by atomic mass is 10.1. The van der Waals surface area contributed by atoms with E-state index in [1.807, 2.05) is 12.1 Å². The van der Waals surface area contributed by atoms with Crippen LogP contribution >= 0.6 is 12.2 Å². The first-order valence-electron chi connectivity index (χ1n) is 9.63. The van der Waals surface area contributed by atoms with E-state index in [9.17, 15) is 0 Å². The molecule has 1 saturated heterocycles. The summed E-state index contributed by atoms with van der Waals surface area (Å²) >= 11 is 5.58. The quantitative estimate of drug-likeness (QED) is 0.623. The minimum atomic E-state index is 0.612. The van der Waals surface area contributed by atoms with Crippen LogP contribution in [0.1, 0.15) is 23.2 Å². The third-order valence-corrected chi connectivity index (χ3v) is 5.41. The van der Waals surface area contributed by atoms with E-state index in [-0.39, 0.29) is 0 Å². The van der Waals surface area contributed by atoms with Gasteiger partial charge in [-0.15, -0.1) is 0 Å². The number of aromatic nitrogens is 1. The summed E-state index contributed by atoms with van der Waals surface area (Å²) < 4.78 is 5.63. The van der Waals surface area contributed by atoms with Gasteiger partial charge in [0.05, 0.1) is 12.3 Å². The van der Waals surface area contributed by atoms with Crippen molar-refractivity contribution in [2.75, 3.05) is 37.7 Å². The van der Waals surface area contributed by atoms with Gasteiger partial charge in [0, 0.05) is 44.5 Å². The smallest absolute Gasteiger partial charge is 0.189 e. The Morgan fingerprint density at radius 2 is 1.89 bits per heavy atom. The molecule has 0 amide bonds. The highest BCUT2D eigenvalue weighted by atomic mass is 32.1. The van der Waals surface area contributed by atoms with E-state index < -0.39 is 0 Å². The number of benzene rings is 1. The van der Waals surface area contributed by atoms with Crippen LogP contribution in [-0.4, -0.2) is 53.5 Å². The Labute approximate surface area is 171 Å². The van der Waals surface area contributed by atoms with Crippen LogP contribution in [0.3, 0.4) is 0 Å². The standard InChI is InChI=1S/C21H25N5OS/c1-15-12-16(2)14-17(13-15)25-7-9-26(10-8-25)21(28)24-23-18-5-11-27-19-4-3-6-22-20(18)19/h3-4,6,12-14H,5,7-11H2,1-2H3,(H,24,28)/b23-18-. The summed E-state index contributed by atoms with van der Waals surface area (Å²) in [6.45, 7) is 8.55. The van der Waals surface area contributed by atoms with Crippen molar-refractivity contribution in [3.8, 4) is 5.75 Å². The zero-order valence-electron chi connectivity index (χ0n) is 16.3. The lowest BCUT2D eigenvalue weighted by Gasteiger charge is -2.37. The molecule has 0 bridgehead atoms. The Morgan fingerprint density at radius 1 is 1.14 bits per heavy atom. The third kappa shape index (κ3) is 4.09. The van der Waals surface area contributed by atoms with E-state index in [1.165, 1.54) is 16.8 Å². The van der Waals surface area contributed by atoms with Crippen molar-refractivity contribution in [1.82, 2.24) is 15.3 Å². The summed E-state index contributed by atoms with van der Waals surface area (Å²) in [4.78, 5) is 8.99. The molecule has 1 aromatic carbocycles. The van der Waals surface area contributed by atoms with Crippen LogP contribution in [-0.2, 0) is 0 Å². The molecular formula is C21H25N5OS. The van der Waals surface area contributed by atoms with E-state index in [0.29, 0.717) is 11.7 Å². The number of nitrogens with one attached hydrogen (secondary N) is 1. The average molecular weight is 396 g/mol. The van der Waals surface area contributed by atoms with E-state index in [2.05, 4.69) is 57.4 Å². The largest absolute Gasteiger partial charge is 0.491 e. The molecule has 4 rings (SSSR count). The van der Waals surface area contributed by atoms with Crippen molar-refractivity contribution in [1.29, 1.82) is 0 Å². The normalized spacial score (nSPS) is 17.9. The summed E-state index contributed by atoms with van der Waals surface area (Å²) in [5, 5.41) is 5.19. The van der Waals surface area contributed by atoms with E-state index in [4.69, 9.17) is 17.0 Å². The monoisotopic (exact) mass is 395 g/mol. The van der Waals surface area contributed by atoms with Gasteiger partial charge in [0.1, 0.15) is 11.4 Å². The number of rotatable bonds is 2. The summed E-state index contributed by atoms with van der Waals surface area (Å²) in [5.74, 6) is 0.780. The van der Waals surface area contributed by atoms with Crippen LogP contribution in [0, 0.1) is 13.8 Å². The molecule has 2 aromatic rings. The fourth-order valence-corrected chi connectivity index (χ4v) is 3.92. The van der Waals surface area contributed by atoms with E-state index in [1.54, 1.807) is 6.20 Å². The maximum atomic E-state index is 5.63. The Morgan fingerprint density at radius 3 is 2.64 bits per heavy atom. The van der Waals surface area contributed by atoms with Gasteiger partial charge in [-0.3, -0.25) is 10.4 Å². The molecule has 1 N–H and O–H groups in total. The van der Waals surface area contributed by atoms with E-state index in [0.717, 1.165) is 49.8 Å². The molecule has 7 heteroatoms. The molecule has 6 nitrogen and oxygen atoms in total. The molecule has 0 saturated carbocycles. The zero-order chi connectivity index (χ0) is 19.5. The molecule has 0 radical (unpaired) electrons. The Kier molecular flexibility index (Phi) is 5.43. The van der Waals surface area contributed by atoms with Gasteiger partial charge in [-0.05, 0) is 61.5 Å². The highest BCUT2D eigenvalue weighted by Crippen LogP contribution is 2.22. The molecule has 0 atom stereocenters. The van der Waals surface area contributed by atoms with Gasteiger partial charge < -0.3 is 14.5 Å². The number of hydrazone groups is 1. The first-order valence-corrected chi connectivity index (χ1v) is 10.0. The third-order valence-electron chi connectivity index (χ3n) is 5.07. The SMILES string of the molecule is Cc1cc(C)cc(N2CCN(C(=S)N/N=C3/CCOc4cccnc43)CC2)c1. The topological polar surface area (TPSA) is 53.0 Å². The van der Waals surface area contributed by atoms with Gasteiger partial charge in [0.2, 0.25) is 0 Å². The number of ether oxygens (including phenoxy) is 1. The van der Waals surface area contributed by atoms with Crippen molar-refractivity contribution in [2.24, 2.45) is 5.10 Å². The van der Waals surface area contributed by atoms with Crippen LogP contribution in [0.2, 0.25) is 0 Å². The molecular weight excluding hydrogens is 370 g/mol. The Hall–Kier alpha value is -2.67. The summed E-state index contributed by atoms with van der Waals surface area (Å²) in [6.07, 6.45) is 2.48. The number of pyridine rings is 1. The maximum absolute atomic E-state index is 5.63. The maximum Gasteiger partial charge on any atom is 0.189 e. The molecule has 1 aromatic heterocycles. The molecule has 2 aliphatic heterocycles. The fourth-order valence-electron chi connectivity index (χ4n) is 3.70. The Bertz CT molecular complexity index is 885. The van der Waals surface area contributed by atoms with Gasteiger partial charge in [-0.25, -0.2) is 0 Å². The molecule has 0 aliphatic carbocycles. The first kappa shape index (κ1) is 18.7. The Balaban J connectivity index is 1.36. The number of anilines is 1. The fraction of sp³-hybridized carbons (Fsp3) is 0.381. The minimum absolute atomic E-state index is 0.612. The van der Waals surface area contributed by atoms with Gasteiger partial charge in [0.25, 0.3) is 0 Å². The number of fused-ring (bicyclic) bond motifs is 1. The number of hydrogen-bond acceptors (Lipinski definition) is 5. The molecule has 2 aliphatic rings. The zero-order valence-corrected chi connectivity index (χ0v) is 17.1. The highest BCUT2D eigenvalue weighted by Gasteiger charge is 2.21. The average Bonchev–Trinajstić information content (AvgIpc) is 2.71. The van der Waals surface area contributed by atoms with Crippen LogP contribution in [0.15, 0.2) is 41.6 Å². The van der Waals surface area contributed by atoms with Gasteiger partial charge >= 0.3 is 0 Å². The summed E-state index contributed by atoms with van der Waals surface area (Å²) in [6, 6.07) is 10.5. The molecule has 0 spiro atoms. The van der Waals surface area contributed by atoms with Crippen molar-refractivity contribution >= 4 is 28.7 Å². The number of piperazine rings is 1. The molecule has 3 heterocycles. The molecule has 1 fully saturated rings. The lowest BCUT2D eigenvalue weighted by Crippen LogP contribution is -2.51. The van der Waals surface area contributed by atoms with Gasteiger partial charge in [-0.1, -0.05) is 6.07 Å². The van der Waals surface area contributed by atoms with Gasteiger partial charge in [-0.2, -0.15) is 5.10 Å². The van der Waals surface area contributed by atoms with Crippen LogP contribution < -0.4 is 15.1 Å². The molecule has 146 valence electrons. The second-order valence-electron chi connectivity index (χ2n) is 7.24. The second-order valence-corrected chi connectivity index (χ2v) is 7.63.